The van der Waals surface area contributed by atoms with E-state index in [4.69, 9.17) is 11.6 Å². The minimum Gasteiger partial charge on any atom is -0.371 e. The Hall–Kier alpha value is -0.760. The van der Waals surface area contributed by atoms with Gasteiger partial charge in [0.15, 0.2) is 0 Å². The summed E-state index contributed by atoms with van der Waals surface area (Å²) in [6.07, 6.45) is 2.39. The van der Waals surface area contributed by atoms with Gasteiger partial charge in [-0.25, -0.2) is 4.39 Å². The van der Waals surface area contributed by atoms with Gasteiger partial charge in [0, 0.05) is 24.3 Å². The van der Waals surface area contributed by atoms with E-state index < -0.39 is 0 Å². The van der Waals surface area contributed by atoms with Gasteiger partial charge in [0.1, 0.15) is 5.82 Å². The van der Waals surface area contributed by atoms with Crippen molar-refractivity contribution in [1.82, 2.24) is 0 Å². The molecule has 1 heterocycles. The van der Waals surface area contributed by atoms with Gasteiger partial charge in [-0.15, -0.1) is 11.6 Å². The molecule has 1 aliphatic rings. The topological polar surface area (TPSA) is 3.24 Å². The maximum atomic E-state index is 13.7. The van der Waals surface area contributed by atoms with Crippen LogP contribution in [-0.4, -0.2) is 13.1 Å². The smallest absolute Gasteiger partial charge is 0.129 e. The minimum atomic E-state index is -0.194. The summed E-state index contributed by atoms with van der Waals surface area (Å²) in [6.45, 7) is 6.49. The van der Waals surface area contributed by atoms with Gasteiger partial charge >= 0.3 is 0 Å². The van der Waals surface area contributed by atoms with Crippen molar-refractivity contribution in [2.24, 2.45) is 5.41 Å². The molecule has 0 radical (unpaired) electrons. The lowest BCUT2D eigenvalue weighted by atomic mass is 9.84. The van der Waals surface area contributed by atoms with Crippen molar-refractivity contribution in [3.05, 3.63) is 29.6 Å². The predicted molar refractivity (Wildman–Crippen MR) is 71.2 cm³/mol. The molecule has 1 fully saturated rings. The standard InChI is InChI=1S/C14H19ClFN/c1-14(2)7-4-8-17(10-14)13-6-3-5-12(16)11(13)9-15/h3,5-6H,4,7-10H2,1-2H3. The maximum absolute atomic E-state index is 13.7. The summed E-state index contributed by atoms with van der Waals surface area (Å²) in [7, 11) is 0. The van der Waals surface area contributed by atoms with E-state index in [2.05, 4.69) is 18.7 Å². The molecule has 17 heavy (non-hydrogen) atoms. The second-order valence-corrected chi connectivity index (χ2v) is 5.83. The quantitative estimate of drug-likeness (QED) is 0.717. The van der Waals surface area contributed by atoms with Crippen LogP contribution in [-0.2, 0) is 5.88 Å². The Morgan fingerprint density at radius 2 is 2.18 bits per heavy atom. The Morgan fingerprint density at radius 1 is 1.41 bits per heavy atom. The fourth-order valence-electron chi connectivity index (χ4n) is 2.60. The molecule has 0 unspecified atom stereocenters. The zero-order valence-corrected chi connectivity index (χ0v) is 11.2. The number of nitrogens with zero attached hydrogens (tertiary/aromatic N) is 1. The molecule has 1 nitrogen and oxygen atoms in total. The third kappa shape index (κ3) is 2.74. The van der Waals surface area contributed by atoms with Crippen molar-refractivity contribution in [2.75, 3.05) is 18.0 Å². The van der Waals surface area contributed by atoms with Crippen LogP contribution in [0.1, 0.15) is 32.3 Å². The first kappa shape index (κ1) is 12.7. The third-order valence-electron chi connectivity index (χ3n) is 3.47. The van der Waals surface area contributed by atoms with Crippen LogP contribution in [0.2, 0.25) is 0 Å². The molecule has 1 aromatic rings. The molecule has 0 bridgehead atoms. The molecular formula is C14H19ClFN. The van der Waals surface area contributed by atoms with Gasteiger partial charge in [0.05, 0.1) is 5.88 Å². The highest BCUT2D eigenvalue weighted by atomic mass is 35.5. The Bertz CT molecular complexity index is 403. The Labute approximate surface area is 108 Å². The average Bonchev–Trinajstić information content (AvgIpc) is 2.27. The van der Waals surface area contributed by atoms with E-state index in [9.17, 15) is 4.39 Å². The Balaban J connectivity index is 2.30. The fraction of sp³-hybridized carbons (Fsp3) is 0.571. The molecule has 0 amide bonds. The molecule has 1 aromatic carbocycles. The lowest BCUT2D eigenvalue weighted by Gasteiger charge is -2.40. The minimum absolute atomic E-state index is 0.194. The van der Waals surface area contributed by atoms with Crippen LogP contribution in [0, 0.1) is 11.2 Å². The first-order valence-electron chi connectivity index (χ1n) is 6.12. The van der Waals surface area contributed by atoms with Crippen LogP contribution >= 0.6 is 11.6 Å². The second-order valence-electron chi connectivity index (χ2n) is 5.56. The summed E-state index contributed by atoms with van der Waals surface area (Å²) >= 11 is 5.86. The van der Waals surface area contributed by atoms with Crippen LogP contribution in [0.25, 0.3) is 0 Å². The molecule has 0 saturated carbocycles. The summed E-state index contributed by atoms with van der Waals surface area (Å²) < 4.78 is 13.7. The largest absolute Gasteiger partial charge is 0.371 e. The monoisotopic (exact) mass is 255 g/mol. The highest BCUT2D eigenvalue weighted by Gasteiger charge is 2.27. The Kier molecular flexibility index (Phi) is 3.62. The van der Waals surface area contributed by atoms with E-state index in [1.807, 2.05) is 6.07 Å². The normalized spacial score (nSPS) is 19.4. The number of hydrogen-bond donors (Lipinski definition) is 0. The molecule has 0 N–H and O–H groups in total. The zero-order chi connectivity index (χ0) is 12.5. The summed E-state index contributed by atoms with van der Waals surface area (Å²) in [4.78, 5) is 2.27. The van der Waals surface area contributed by atoms with Gasteiger partial charge < -0.3 is 4.90 Å². The van der Waals surface area contributed by atoms with E-state index >= 15 is 0 Å². The molecule has 2 rings (SSSR count). The first-order valence-corrected chi connectivity index (χ1v) is 6.65. The fourth-order valence-corrected chi connectivity index (χ4v) is 2.87. The molecule has 94 valence electrons. The van der Waals surface area contributed by atoms with Gasteiger partial charge in [0.25, 0.3) is 0 Å². The maximum Gasteiger partial charge on any atom is 0.129 e. The summed E-state index contributed by atoms with van der Waals surface area (Å²) in [5.41, 5.74) is 1.90. The van der Waals surface area contributed by atoms with Crippen LogP contribution in [0.5, 0.6) is 0 Å². The summed E-state index contributed by atoms with van der Waals surface area (Å²) in [6, 6.07) is 5.22. The zero-order valence-electron chi connectivity index (χ0n) is 10.5. The number of hydrogen-bond acceptors (Lipinski definition) is 1. The highest BCUT2D eigenvalue weighted by Crippen LogP contribution is 2.34. The van der Waals surface area contributed by atoms with Crippen molar-refractivity contribution in [2.45, 2.75) is 32.6 Å². The lowest BCUT2D eigenvalue weighted by molar-refractivity contribution is 0.293. The van der Waals surface area contributed by atoms with Crippen molar-refractivity contribution in [1.29, 1.82) is 0 Å². The Morgan fingerprint density at radius 3 is 2.82 bits per heavy atom. The second kappa shape index (κ2) is 4.85. The number of piperidine rings is 1. The average molecular weight is 256 g/mol. The van der Waals surface area contributed by atoms with Crippen molar-refractivity contribution < 1.29 is 4.39 Å². The highest BCUT2D eigenvalue weighted by molar-refractivity contribution is 6.17. The predicted octanol–water partition coefficient (Wildman–Crippen LogP) is 4.19. The van der Waals surface area contributed by atoms with Crippen LogP contribution in [0.4, 0.5) is 10.1 Å². The number of rotatable bonds is 2. The van der Waals surface area contributed by atoms with Gasteiger partial charge in [0.2, 0.25) is 0 Å². The number of anilines is 1. The van der Waals surface area contributed by atoms with Crippen molar-refractivity contribution >= 4 is 17.3 Å². The van der Waals surface area contributed by atoms with Crippen molar-refractivity contribution in [3.63, 3.8) is 0 Å². The lowest BCUT2D eigenvalue weighted by Crippen LogP contribution is -2.40. The third-order valence-corrected chi connectivity index (χ3v) is 3.74. The SMILES string of the molecule is CC1(C)CCCN(c2cccc(F)c2CCl)C1. The van der Waals surface area contributed by atoms with E-state index in [0.29, 0.717) is 11.0 Å². The van der Waals surface area contributed by atoms with Gasteiger partial charge in [-0.05, 0) is 30.4 Å². The van der Waals surface area contributed by atoms with E-state index in [0.717, 1.165) is 25.2 Å². The molecule has 0 aliphatic carbocycles. The van der Waals surface area contributed by atoms with Crippen LogP contribution in [0.3, 0.4) is 0 Å². The number of alkyl halides is 1. The summed E-state index contributed by atoms with van der Waals surface area (Å²) in [5.74, 6) is 0.0414. The molecule has 1 saturated heterocycles. The van der Waals surface area contributed by atoms with E-state index in [1.165, 1.54) is 12.5 Å². The first-order chi connectivity index (χ1) is 8.03. The molecular weight excluding hydrogens is 237 g/mol. The molecule has 0 spiro atoms. The number of benzene rings is 1. The van der Waals surface area contributed by atoms with Crippen LogP contribution < -0.4 is 4.90 Å². The van der Waals surface area contributed by atoms with E-state index in [-0.39, 0.29) is 11.7 Å². The van der Waals surface area contributed by atoms with E-state index in [1.54, 1.807) is 6.07 Å². The van der Waals surface area contributed by atoms with Gasteiger partial charge in [-0.3, -0.25) is 0 Å². The van der Waals surface area contributed by atoms with Gasteiger partial charge in [-0.2, -0.15) is 0 Å². The van der Waals surface area contributed by atoms with Crippen molar-refractivity contribution in [3.8, 4) is 0 Å². The molecule has 3 heteroatoms. The van der Waals surface area contributed by atoms with Crippen LogP contribution in [0.15, 0.2) is 18.2 Å². The van der Waals surface area contributed by atoms with Gasteiger partial charge in [-0.1, -0.05) is 19.9 Å². The molecule has 0 atom stereocenters. The number of halogens is 2. The molecule has 0 aromatic heterocycles. The summed E-state index contributed by atoms with van der Waals surface area (Å²) in [5, 5.41) is 0. The molecule has 1 aliphatic heterocycles.